The summed E-state index contributed by atoms with van der Waals surface area (Å²) in [6, 6.07) is 4.61. The van der Waals surface area contributed by atoms with Crippen molar-refractivity contribution in [3.8, 4) is 0 Å². The quantitative estimate of drug-likeness (QED) is 0.289. The van der Waals surface area contributed by atoms with Gasteiger partial charge in [-0.05, 0) is 19.2 Å². The Morgan fingerprint density at radius 2 is 2.20 bits per heavy atom. The Bertz CT molecular complexity index is 354. The maximum atomic E-state index is 10.5. The fraction of sp³-hybridized carbons (Fsp3) is 0.333. The van der Waals surface area contributed by atoms with Crippen molar-refractivity contribution in [1.29, 1.82) is 0 Å². The van der Waals surface area contributed by atoms with E-state index in [1.807, 2.05) is 7.05 Å². The van der Waals surface area contributed by atoms with Crippen LogP contribution in [0.1, 0.15) is 0 Å². The summed E-state index contributed by atoms with van der Waals surface area (Å²) in [7, 11) is 1.85. The largest absolute Gasteiger partial charge is 0.393 e. The van der Waals surface area contributed by atoms with Crippen molar-refractivity contribution >= 4 is 17.1 Å². The van der Waals surface area contributed by atoms with Gasteiger partial charge in [0.25, 0.3) is 5.69 Å². The summed E-state index contributed by atoms with van der Waals surface area (Å²) in [4.78, 5) is 10.00. The summed E-state index contributed by atoms with van der Waals surface area (Å²) in [5, 5.41) is 16.6. The van der Waals surface area contributed by atoms with E-state index in [0.717, 1.165) is 18.8 Å². The highest BCUT2D eigenvalue weighted by Crippen LogP contribution is 2.24. The van der Waals surface area contributed by atoms with E-state index in [4.69, 9.17) is 5.73 Å². The molecule has 6 nitrogen and oxygen atoms in total. The maximum absolute atomic E-state index is 10.5. The van der Waals surface area contributed by atoms with E-state index in [9.17, 15) is 10.1 Å². The number of hydrogen-bond acceptors (Lipinski definition) is 5. The first-order chi connectivity index (χ1) is 7.15. The smallest absolute Gasteiger partial charge is 0.292 e. The number of hydrogen-bond donors (Lipinski definition) is 3. The van der Waals surface area contributed by atoms with Crippen molar-refractivity contribution in [3.05, 3.63) is 28.3 Å². The van der Waals surface area contributed by atoms with Crippen molar-refractivity contribution in [1.82, 2.24) is 5.32 Å². The SMILES string of the molecule is CNCCNc1ccc([N+](=O)[O-])c(N)c1. The molecule has 0 atom stereocenters. The zero-order valence-corrected chi connectivity index (χ0v) is 8.49. The lowest BCUT2D eigenvalue weighted by atomic mass is 10.2. The first-order valence-corrected chi connectivity index (χ1v) is 4.57. The Balaban J connectivity index is 2.69. The molecule has 0 aliphatic rings. The summed E-state index contributed by atoms with van der Waals surface area (Å²) in [5.74, 6) is 0. The minimum atomic E-state index is -0.493. The van der Waals surface area contributed by atoms with Gasteiger partial charge in [0, 0.05) is 24.8 Å². The van der Waals surface area contributed by atoms with Crippen molar-refractivity contribution in [2.75, 3.05) is 31.2 Å². The van der Waals surface area contributed by atoms with Gasteiger partial charge in [-0.3, -0.25) is 10.1 Å². The third-order valence-electron chi connectivity index (χ3n) is 1.93. The van der Waals surface area contributed by atoms with Gasteiger partial charge in [0.15, 0.2) is 0 Å². The number of nitro groups is 1. The lowest BCUT2D eigenvalue weighted by Gasteiger charge is -2.06. The van der Waals surface area contributed by atoms with E-state index in [2.05, 4.69) is 10.6 Å². The molecular weight excluding hydrogens is 196 g/mol. The molecule has 0 spiro atoms. The minimum absolute atomic E-state index is 0.0610. The highest BCUT2D eigenvalue weighted by atomic mass is 16.6. The van der Waals surface area contributed by atoms with Gasteiger partial charge in [0.2, 0.25) is 0 Å². The molecule has 1 aromatic carbocycles. The average Bonchev–Trinajstić information content (AvgIpc) is 2.17. The number of nitro benzene ring substituents is 1. The van der Waals surface area contributed by atoms with E-state index < -0.39 is 4.92 Å². The Morgan fingerprint density at radius 3 is 2.73 bits per heavy atom. The van der Waals surface area contributed by atoms with Crippen LogP contribution in [0.4, 0.5) is 17.1 Å². The van der Waals surface area contributed by atoms with Crippen LogP contribution in [0.3, 0.4) is 0 Å². The van der Waals surface area contributed by atoms with Gasteiger partial charge >= 0.3 is 0 Å². The van der Waals surface area contributed by atoms with Gasteiger partial charge < -0.3 is 16.4 Å². The molecule has 0 bridgehead atoms. The fourth-order valence-corrected chi connectivity index (χ4v) is 1.16. The third kappa shape index (κ3) is 3.10. The molecule has 1 rings (SSSR count). The summed E-state index contributed by atoms with van der Waals surface area (Å²) >= 11 is 0. The van der Waals surface area contributed by atoms with Crippen LogP contribution < -0.4 is 16.4 Å². The Morgan fingerprint density at radius 1 is 1.47 bits per heavy atom. The second-order valence-corrected chi connectivity index (χ2v) is 3.06. The Labute approximate surface area is 87.6 Å². The predicted molar refractivity (Wildman–Crippen MR) is 59.9 cm³/mol. The molecule has 82 valence electrons. The molecule has 0 saturated heterocycles. The van der Waals surface area contributed by atoms with E-state index >= 15 is 0 Å². The molecular formula is C9H14N4O2. The van der Waals surface area contributed by atoms with E-state index in [1.165, 1.54) is 6.07 Å². The van der Waals surface area contributed by atoms with Gasteiger partial charge in [-0.15, -0.1) is 0 Å². The van der Waals surface area contributed by atoms with Crippen LogP contribution in [0.15, 0.2) is 18.2 Å². The summed E-state index contributed by atoms with van der Waals surface area (Å²) in [6.45, 7) is 1.56. The molecule has 15 heavy (non-hydrogen) atoms. The van der Waals surface area contributed by atoms with Gasteiger partial charge in [-0.2, -0.15) is 0 Å². The summed E-state index contributed by atoms with van der Waals surface area (Å²) in [5.41, 5.74) is 6.43. The van der Waals surface area contributed by atoms with Gasteiger partial charge in [0.1, 0.15) is 5.69 Å². The van der Waals surface area contributed by atoms with Crippen LogP contribution in [0.25, 0.3) is 0 Å². The fourth-order valence-electron chi connectivity index (χ4n) is 1.16. The molecule has 0 aromatic heterocycles. The number of nitrogens with two attached hydrogens (primary N) is 1. The highest BCUT2D eigenvalue weighted by Gasteiger charge is 2.10. The standard InChI is InChI=1S/C9H14N4O2/c1-11-4-5-12-7-2-3-9(13(14)15)8(10)6-7/h2-3,6,11-12H,4-5,10H2,1H3. The zero-order valence-electron chi connectivity index (χ0n) is 8.49. The topological polar surface area (TPSA) is 93.2 Å². The number of nitrogens with zero attached hydrogens (tertiary/aromatic N) is 1. The van der Waals surface area contributed by atoms with Gasteiger partial charge in [-0.25, -0.2) is 0 Å². The minimum Gasteiger partial charge on any atom is -0.393 e. The normalized spacial score (nSPS) is 9.93. The lowest BCUT2D eigenvalue weighted by Crippen LogP contribution is -2.17. The molecule has 4 N–H and O–H groups in total. The van der Waals surface area contributed by atoms with E-state index in [-0.39, 0.29) is 11.4 Å². The third-order valence-corrected chi connectivity index (χ3v) is 1.93. The monoisotopic (exact) mass is 210 g/mol. The van der Waals surface area contributed by atoms with Crippen molar-refractivity contribution < 1.29 is 4.92 Å². The second kappa shape index (κ2) is 5.16. The van der Waals surface area contributed by atoms with Gasteiger partial charge in [-0.1, -0.05) is 0 Å². The van der Waals surface area contributed by atoms with Crippen molar-refractivity contribution in [3.63, 3.8) is 0 Å². The Kier molecular flexibility index (Phi) is 3.87. The molecule has 0 radical (unpaired) electrons. The molecule has 0 fully saturated rings. The molecule has 0 aliphatic carbocycles. The molecule has 1 aromatic rings. The second-order valence-electron chi connectivity index (χ2n) is 3.06. The first-order valence-electron chi connectivity index (χ1n) is 4.57. The van der Waals surface area contributed by atoms with Gasteiger partial charge in [0.05, 0.1) is 4.92 Å². The van der Waals surface area contributed by atoms with Crippen molar-refractivity contribution in [2.24, 2.45) is 0 Å². The van der Waals surface area contributed by atoms with E-state index in [0.29, 0.717) is 0 Å². The molecule has 0 unspecified atom stereocenters. The molecule has 0 aliphatic heterocycles. The summed E-state index contributed by atoms with van der Waals surface area (Å²) in [6.07, 6.45) is 0. The van der Waals surface area contributed by atoms with Crippen molar-refractivity contribution in [2.45, 2.75) is 0 Å². The molecule has 0 saturated carbocycles. The highest BCUT2D eigenvalue weighted by molar-refractivity contribution is 5.65. The number of benzene rings is 1. The van der Waals surface area contributed by atoms with Crippen LogP contribution >= 0.6 is 0 Å². The number of nitrogen functional groups attached to an aromatic ring is 1. The first kappa shape index (κ1) is 11.3. The maximum Gasteiger partial charge on any atom is 0.292 e. The predicted octanol–water partition coefficient (Wildman–Crippen LogP) is 0.808. The molecule has 0 heterocycles. The van der Waals surface area contributed by atoms with Crippen LogP contribution in [0.2, 0.25) is 0 Å². The lowest BCUT2D eigenvalue weighted by molar-refractivity contribution is -0.383. The number of likely N-dealkylation sites (N-methyl/N-ethyl adjacent to an activating group) is 1. The van der Waals surface area contributed by atoms with Crippen LogP contribution in [0, 0.1) is 10.1 Å². The summed E-state index contributed by atoms with van der Waals surface area (Å²) < 4.78 is 0. The molecule has 6 heteroatoms. The number of rotatable bonds is 5. The zero-order chi connectivity index (χ0) is 11.3. The van der Waals surface area contributed by atoms with Crippen LogP contribution in [-0.2, 0) is 0 Å². The Hall–Kier alpha value is -1.82. The molecule has 0 amide bonds. The number of anilines is 2. The van der Waals surface area contributed by atoms with Crippen LogP contribution in [-0.4, -0.2) is 25.1 Å². The van der Waals surface area contributed by atoms with E-state index in [1.54, 1.807) is 12.1 Å². The van der Waals surface area contributed by atoms with Crippen LogP contribution in [0.5, 0.6) is 0 Å². The average molecular weight is 210 g/mol. The number of nitrogens with one attached hydrogen (secondary N) is 2.